The highest BCUT2D eigenvalue weighted by atomic mass is 16.3. The number of rotatable bonds is 5. The van der Waals surface area contributed by atoms with Crippen LogP contribution in [0.25, 0.3) is 0 Å². The third-order valence-electron chi connectivity index (χ3n) is 5.35. The summed E-state index contributed by atoms with van der Waals surface area (Å²) in [5.74, 6) is 0.710. The van der Waals surface area contributed by atoms with Crippen molar-refractivity contribution in [2.24, 2.45) is 0 Å². The van der Waals surface area contributed by atoms with Gasteiger partial charge in [-0.1, -0.05) is 19.6 Å². The maximum Gasteiger partial charge on any atom is 0.259 e. The lowest BCUT2D eigenvalue weighted by Crippen LogP contribution is -2.56. The van der Waals surface area contributed by atoms with E-state index >= 15 is 0 Å². The van der Waals surface area contributed by atoms with Crippen LogP contribution in [0.4, 0.5) is 5.69 Å². The highest BCUT2D eigenvalue weighted by Crippen LogP contribution is 2.20. The van der Waals surface area contributed by atoms with Crippen LogP contribution in [0.15, 0.2) is 47.4 Å². The normalized spacial score (nSPS) is 16.3. The van der Waals surface area contributed by atoms with Gasteiger partial charge in [0.05, 0.1) is 5.56 Å². The maximum absolute atomic E-state index is 13.0. The molecule has 1 aliphatic heterocycles. The van der Waals surface area contributed by atoms with Gasteiger partial charge in [-0.3, -0.25) is 14.4 Å². The molecule has 1 aromatic carbocycles. The number of hydrogen-bond acceptors (Lipinski definition) is 4. The second kappa shape index (κ2) is 8.98. The molecule has 1 fully saturated rings. The van der Waals surface area contributed by atoms with Crippen LogP contribution < -0.4 is 5.32 Å². The van der Waals surface area contributed by atoms with Crippen molar-refractivity contribution in [3.63, 3.8) is 0 Å². The van der Waals surface area contributed by atoms with Crippen LogP contribution in [-0.2, 0) is 4.79 Å². The molecule has 7 heteroatoms. The third kappa shape index (κ3) is 4.45. The van der Waals surface area contributed by atoms with Gasteiger partial charge in [-0.05, 0) is 50.6 Å². The van der Waals surface area contributed by atoms with Gasteiger partial charge in [-0.15, -0.1) is 0 Å². The molecule has 2 heterocycles. The average molecular weight is 409 g/mol. The summed E-state index contributed by atoms with van der Waals surface area (Å²) < 4.78 is 5.41. The quantitative estimate of drug-likeness (QED) is 0.768. The molecule has 0 spiro atoms. The standard InChI is InChI=1S/C23H27N3O4/c1-5-19-14-25(10-11-26(19)21(27)6-2)23(29)17-8-7-9-18(13-17)24-22(28)20-12-15(3)30-16(20)4/h6-9,12-13,19H,2,5,10-11,14H2,1,3-4H3,(H,24,28)/t19-/m0/s1. The van der Waals surface area contributed by atoms with Crippen molar-refractivity contribution in [3.8, 4) is 0 Å². The predicted molar refractivity (Wildman–Crippen MR) is 114 cm³/mol. The van der Waals surface area contributed by atoms with Gasteiger partial charge in [0.2, 0.25) is 5.91 Å². The maximum atomic E-state index is 13.0. The van der Waals surface area contributed by atoms with Crippen molar-refractivity contribution < 1.29 is 18.8 Å². The Balaban J connectivity index is 1.72. The molecule has 0 aliphatic carbocycles. The molecular formula is C23H27N3O4. The lowest BCUT2D eigenvalue weighted by molar-refractivity contribution is -0.130. The van der Waals surface area contributed by atoms with Crippen LogP contribution in [0.1, 0.15) is 45.6 Å². The first-order chi connectivity index (χ1) is 14.3. The van der Waals surface area contributed by atoms with Gasteiger partial charge in [0.15, 0.2) is 0 Å². The van der Waals surface area contributed by atoms with E-state index < -0.39 is 0 Å². The molecule has 0 unspecified atom stereocenters. The summed E-state index contributed by atoms with van der Waals surface area (Å²) in [5, 5.41) is 2.83. The van der Waals surface area contributed by atoms with E-state index in [9.17, 15) is 14.4 Å². The Morgan fingerprint density at radius 2 is 2.00 bits per heavy atom. The molecule has 3 rings (SSSR count). The summed E-state index contributed by atoms with van der Waals surface area (Å²) in [6.45, 7) is 10.5. The number of aryl methyl sites for hydroxylation is 2. The molecule has 30 heavy (non-hydrogen) atoms. The van der Waals surface area contributed by atoms with Crippen LogP contribution in [0.3, 0.4) is 0 Å². The molecule has 1 saturated heterocycles. The van der Waals surface area contributed by atoms with Gasteiger partial charge in [-0.2, -0.15) is 0 Å². The molecule has 1 atom stereocenters. The molecule has 0 radical (unpaired) electrons. The van der Waals surface area contributed by atoms with Crippen molar-refractivity contribution in [1.82, 2.24) is 9.80 Å². The fourth-order valence-corrected chi connectivity index (χ4v) is 3.76. The first-order valence-electron chi connectivity index (χ1n) is 10.0. The fraction of sp³-hybridized carbons (Fsp3) is 0.348. The Kier molecular flexibility index (Phi) is 6.40. The average Bonchev–Trinajstić information content (AvgIpc) is 3.10. The van der Waals surface area contributed by atoms with E-state index in [2.05, 4.69) is 11.9 Å². The molecule has 3 amide bonds. The molecule has 1 N–H and O–H groups in total. The fourth-order valence-electron chi connectivity index (χ4n) is 3.76. The predicted octanol–water partition coefficient (Wildman–Crippen LogP) is 3.40. The smallest absolute Gasteiger partial charge is 0.259 e. The Morgan fingerprint density at radius 3 is 2.63 bits per heavy atom. The number of benzene rings is 1. The zero-order chi connectivity index (χ0) is 21.8. The zero-order valence-electron chi connectivity index (χ0n) is 17.6. The molecule has 1 aromatic heterocycles. The Bertz CT molecular complexity index is 979. The minimum absolute atomic E-state index is 0.0385. The van der Waals surface area contributed by atoms with Crippen molar-refractivity contribution in [2.75, 3.05) is 25.0 Å². The van der Waals surface area contributed by atoms with Crippen LogP contribution in [0.2, 0.25) is 0 Å². The Hall–Kier alpha value is -3.35. The van der Waals surface area contributed by atoms with Crippen LogP contribution in [0, 0.1) is 13.8 Å². The summed E-state index contributed by atoms with van der Waals surface area (Å²) in [7, 11) is 0. The SMILES string of the molecule is C=CC(=O)N1CCN(C(=O)c2cccc(NC(=O)c3cc(C)oc3C)c2)C[C@@H]1CC. The molecule has 2 aromatic rings. The minimum atomic E-state index is -0.281. The van der Waals surface area contributed by atoms with Gasteiger partial charge < -0.3 is 19.5 Å². The third-order valence-corrected chi connectivity index (χ3v) is 5.35. The van der Waals surface area contributed by atoms with Gasteiger partial charge >= 0.3 is 0 Å². The van der Waals surface area contributed by atoms with Crippen molar-refractivity contribution >= 4 is 23.4 Å². The number of amides is 3. The first-order valence-corrected chi connectivity index (χ1v) is 10.0. The van der Waals surface area contributed by atoms with Crippen LogP contribution in [-0.4, -0.2) is 53.2 Å². The number of anilines is 1. The number of furan rings is 1. The number of carbonyl (C=O) groups is 3. The van der Waals surface area contributed by atoms with E-state index in [1.807, 2.05) is 6.92 Å². The highest BCUT2D eigenvalue weighted by molar-refractivity contribution is 6.05. The number of piperazine rings is 1. The number of hydrogen-bond donors (Lipinski definition) is 1. The minimum Gasteiger partial charge on any atom is -0.466 e. The van der Waals surface area contributed by atoms with Crippen LogP contribution in [0.5, 0.6) is 0 Å². The topological polar surface area (TPSA) is 82.9 Å². The summed E-state index contributed by atoms with van der Waals surface area (Å²) >= 11 is 0. The van der Waals surface area contributed by atoms with Gasteiger partial charge in [0.1, 0.15) is 11.5 Å². The number of nitrogens with zero attached hydrogens (tertiary/aromatic N) is 2. The van der Waals surface area contributed by atoms with Gasteiger partial charge in [0, 0.05) is 36.9 Å². The van der Waals surface area contributed by atoms with Crippen molar-refractivity contribution in [3.05, 3.63) is 65.6 Å². The zero-order valence-corrected chi connectivity index (χ0v) is 17.6. The summed E-state index contributed by atoms with van der Waals surface area (Å²) in [5.41, 5.74) is 1.50. The molecule has 0 saturated carbocycles. The second-order valence-corrected chi connectivity index (χ2v) is 7.41. The molecule has 1 aliphatic rings. The number of nitrogens with one attached hydrogen (secondary N) is 1. The lowest BCUT2D eigenvalue weighted by atomic mass is 10.1. The Labute approximate surface area is 176 Å². The highest BCUT2D eigenvalue weighted by Gasteiger charge is 2.30. The van der Waals surface area contributed by atoms with E-state index in [0.717, 1.165) is 6.42 Å². The summed E-state index contributed by atoms with van der Waals surface area (Å²) in [4.78, 5) is 41.1. The summed E-state index contributed by atoms with van der Waals surface area (Å²) in [6, 6.07) is 8.54. The van der Waals surface area contributed by atoms with Crippen LogP contribution >= 0.6 is 0 Å². The largest absolute Gasteiger partial charge is 0.466 e. The monoisotopic (exact) mass is 409 g/mol. The molecule has 7 nitrogen and oxygen atoms in total. The first kappa shape index (κ1) is 21.4. The van der Waals surface area contributed by atoms with E-state index in [1.54, 1.807) is 54.0 Å². The van der Waals surface area contributed by atoms with Crippen molar-refractivity contribution in [2.45, 2.75) is 33.2 Å². The molecular weight excluding hydrogens is 382 g/mol. The summed E-state index contributed by atoms with van der Waals surface area (Å²) in [6.07, 6.45) is 2.07. The lowest BCUT2D eigenvalue weighted by Gasteiger charge is -2.40. The van der Waals surface area contributed by atoms with E-state index in [0.29, 0.717) is 48.0 Å². The molecule has 0 bridgehead atoms. The van der Waals surface area contributed by atoms with E-state index in [1.165, 1.54) is 6.08 Å². The van der Waals surface area contributed by atoms with E-state index in [-0.39, 0.29) is 23.8 Å². The molecule has 158 valence electrons. The number of carbonyl (C=O) groups excluding carboxylic acids is 3. The Morgan fingerprint density at radius 1 is 1.23 bits per heavy atom. The second-order valence-electron chi connectivity index (χ2n) is 7.41. The van der Waals surface area contributed by atoms with E-state index in [4.69, 9.17) is 4.42 Å². The van der Waals surface area contributed by atoms with Crippen molar-refractivity contribution in [1.29, 1.82) is 0 Å². The van der Waals surface area contributed by atoms with Gasteiger partial charge in [-0.25, -0.2) is 0 Å². The van der Waals surface area contributed by atoms with Gasteiger partial charge in [0.25, 0.3) is 11.8 Å².